The fourth-order valence-corrected chi connectivity index (χ4v) is 3.19. The van der Waals surface area contributed by atoms with Crippen LogP contribution in [-0.4, -0.2) is 41.7 Å². The van der Waals surface area contributed by atoms with Gasteiger partial charge in [-0.2, -0.15) is 10.1 Å². The molecular formula is C22H22N6O4. The Hall–Kier alpha value is -4.08. The van der Waals surface area contributed by atoms with Gasteiger partial charge in [-0.15, -0.1) is 0 Å². The molecule has 10 nitrogen and oxygen atoms in total. The van der Waals surface area contributed by atoms with Crippen molar-refractivity contribution < 1.29 is 19.2 Å². The van der Waals surface area contributed by atoms with Crippen LogP contribution in [0.2, 0.25) is 0 Å². The molecule has 10 heteroatoms. The number of aromatic carboxylic acids is 1. The van der Waals surface area contributed by atoms with Crippen molar-refractivity contribution in [3.63, 3.8) is 0 Å². The van der Waals surface area contributed by atoms with E-state index < -0.39 is 11.9 Å². The maximum Gasteiger partial charge on any atom is 0.337 e. The van der Waals surface area contributed by atoms with Crippen LogP contribution < -0.4 is 5.32 Å². The van der Waals surface area contributed by atoms with Gasteiger partial charge in [-0.05, 0) is 30.2 Å². The number of nitrogens with zero attached hydrogens (tertiary/aromatic N) is 5. The summed E-state index contributed by atoms with van der Waals surface area (Å²) in [6.45, 7) is 7.99. The number of aromatic nitrogens is 5. The molecule has 1 aromatic carbocycles. The van der Waals surface area contributed by atoms with Crippen molar-refractivity contribution in [2.24, 2.45) is 0 Å². The number of carboxylic acids is 1. The van der Waals surface area contributed by atoms with Crippen LogP contribution in [0.4, 0.5) is 0 Å². The van der Waals surface area contributed by atoms with E-state index >= 15 is 0 Å². The second kappa shape index (κ2) is 7.88. The van der Waals surface area contributed by atoms with Crippen LogP contribution in [0.25, 0.3) is 16.8 Å². The van der Waals surface area contributed by atoms with E-state index in [9.17, 15) is 14.7 Å². The zero-order valence-corrected chi connectivity index (χ0v) is 18.1. The van der Waals surface area contributed by atoms with Crippen LogP contribution >= 0.6 is 0 Å². The van der Waals surface area contributed by atoms with Crippen LogP contribution in [-0.2, 0) is 12.0 Å². The summed E-state index contributed by atoms with van der Waals surface area (Å²) in [5.74, 6) is -1.05. The van der Waals surface area contributed by atoms with E-state index in [1.807, 2.05) is 45.9 Å². The number of rotatable bonds is 5. The lowest BCUT2D eigenvalue weighted by Crippen LogP contribution is -2.24. The summed E-state index contributed by atoms with van der Waals surface area (Å²) in [6, 6.07) is 7.24. The third kappa shape index (κ3) is 4.07. The number of carboxylic acid groups (broad SMARTS) is 1. The lowest BCUT2D eigenvalue weighted by Gasteiger charge is -2.10. The maximum atomic E-state index is 12.4. The van der Waals surface area contributed by atoms with Crippen molar-refractivity contribution in [1.29, 1.82) is 0 Å². The van der Waals surface area contributed by atoms with E-state index in [-0.39, 0.29) is 23.3 Å². The number of hydrogen-bond donors (Lipinski definition) is 2. The highest BCUT2D eigenvalue weighted by Crippen LogP contribution is 2.25. The summed E-state index contributed by atoms with van der Waals surface area (Å²) < 4.78 is 6.66. The molecule has 4 aromatic rings. The van der Waals surface area contributed by atoms with Crippen LogP contribution in [0.5, 0.6) is 0 Å². The zero-order chi connectivity index (χ0) is 23.0. The van der Waals surface area contributed by atoms with E-state index in [1.165, 1.54) is 23.1 Å². The summed E-state index contributed by atoms with van der Waals surface area (Å²) in [7, 11) is 0. The molecule has 2 N–H and O–H groups in total. The average molecular weight is 434 g/mol. The Bertz CT molecular complexity index is 1330. The summed E-state index contributed by atoms with van der Waals surface area (Å²) in [4.78, 5) is 32.2. The van der Waals surface area contributed by atoms with E-state index in [1.54, 1.807) is 0 Å². The molecule has 0 saturated heterocycles. The van der Waals surface area contributed by atoms with Gasteiger partial charge in [-0.3, -0.25) is 4.79 Å². The zero-order valence-electron chi connectivity index (χ0n) is 18.1. The Labute approximate surface area is 183 Å². The Morgan fingerprint density at radius 2 is 2.00 bits per heavy atom. The number of nitrogens with one attached hydrogen (secondary N) is 1. The van der Waals surface area contributed by atoms with Crippen molar-refractivity contribution in [3.05, 3.63) is 65.2 Å². The molecule has 0 atom stereocenters. The van der Waals surface area contributed by atoms with E-state index in [2.05, 4.69) is 25.5 Å². The van der Waals surface area contributed by atoms with Crippen LogP contribution in [0.3, 0.4) is 0 Å². The number of fused-ring (bicyclic) bond motifs is 1. The molecule has 0 saturated carbocycles. The summed E-state index contributed by atoms with van der Waals surface area (Å²) in [5.41, 5.74) is 3.67. The summed E-state index contributed by atoms with van der Waals surface area (Å²) in [6.07, 6.45) is 2.83. The standard InChI is InChI=1S/C22H22N6O4/c1-12-7-13(17-16-8-15(20(30)31)10-28(16)25-11-24-17)5-6-14(12)9-23-19(29)18-26-21(32-27-18)22(2,3)4/h5-8,10-11H,9H2,1-4H3,(H,23,29)(H,30,31). The van der Waals surface area contributed by atoms with Gasteiger partial charge in [0.2, 0.25) is 5.89 Å². The van der Waals surface area contributed by atoms with Gasteiger partial charge in [0.25, 0.3) is 11.7 Å². The topological polar surface area (TPSA) is 136 Å². The summed E-state index contributed by atoms with van der Waals surface area (Å²) >= 11 is 0. The Morgan fingerprint density at radius 3 is 2.66 bits per heavy atom. The molecule has 0 aliphatic rings. The van der Waals surface area contributed by atoms with Crippen molar-refractivity contribution in [1.82, 2.24) is 30.1 Å². The first-order valence-electron chi connectivity index (χ1n) is 9.92. The fraction of sp³-hybridized carbons (Fsp3) is 0.273. The van der Waals surface area contributed by atoms with Gasteiger partial charge >= 0.3 is 5.97 Å². The largest absolute Gasteiger partial charge is 0.478 e. The molecule has 164 valence electrons. The first-order valence-corrected chi connectivity index (χ1v) is 9.92. The molecule has 0 unspecified atom stereocenters. The van der Waals surface area contributed by atoms with Gasteiger partial charge < -0.3 is 14.9 Å². The average Bonchev–Trinajstić information content (AvgIpc) is 3.39. The van der Waals surface area contributed by atoms with Gasteiger partial charge in [-0.25, -0.2) is 14.3 Å². The van der Waals surface area contributed by atoms with E-state index in [0.29, 0.717) is 17.1 Å². The van der Waals surface area contributed by atoms with Crippen molar-refractivity contribution in [2.45, 2.75) is 39.7 Å². The minimum atomic E-state index is -1.03. The molecule has 32 heavy (non-hydrogen) atoms. The highest BCUT2D eigenvalue weighted by Gasteiger charge is 2.24. The molecule has 1 amide bonds. The molecule has 0 fully saturated rings. The minimum Gasteiger partial charge on any atom is -0.478 e. The highest BCUT2D eigenvalue weighted by atomic mass is 16.5. The SMILES string of the molecule is Cc1cc(-c2ncnn3cc(C(=O)O)cc23)ccc1CNC(=O)c1noc(C(C)(C)C)n1. The number of carbonyl (C=O) groups is 2. The number of benzene rings is 1. The summed E-state index contributed by atoms with van der Waals surface area (Å²) in [5, 5.41) is 19.9. The predicted octanol–water partition coefficient (Wildman–Crippen LogP) is 3.01. The molecule has 0 spiro atoms. The second-order valence-corrected chi connectivity index (χ2v) is 8.47. The molecule has 3 heterocycles. The normalized spacial score (nSPS) is 11.6. The van der Waals surface area contributed by atoms with Gasteiger partial charge in [-0.1, -0.05) is 38.1 Å². The van der Waals surface area contributed by atoms with Crippen LogP contribution in [0, 0.1) is 6.92 Å². The molecule has 0 bridgehead atoms. The second-order valence-electron chi connectivity index (χ2n) is 8.47. The van der Waals surface area contributed by atoms with Crippen LogP contribution in [0.1, 0.15) is 58.8 Å². The molecule has 3 aromatic heterocycles. The lowest BCUT2D eigenvalue weighted by molar-refractivity contribution is 0.0696. The predicted molar refractivity (Wildman–Crippen MR) is 114 cm³/mol. The number of carbonyl (C=O) groups excluding carboxylic acids is 1. The van der Waals surface area contributed by atoms with Crippen molar-refractivity contribution in [3.8, 4) is 11.3 Å². The van der Waals surface area contributed by atoms with Crippen LogP contribution in [0.15, 0.2) is 41.3 Å². The number of amides is 1. The quantitative estimate of drug-likeness (QED) is 0.489. The monoisotopic (exact) mass is 434 g/mol. The number of aryl methyl sites for hydroxylation is 1. The minimum absolute atomic E-state index is 0.00459. The van der Waals surface area contributed by atoms with E-state index in [0.717, 1.165) is 16.7 Å². The third-order valence-corrected chi connectivity index (χ3v) is 4.98. The van der Waals surface area contributed by atoms with Gasteiger partial charge in [0, 0.05) is 23.7 Å². The molecule has 0 radical (unpaired) electrons. The van der Waals surface area contributed by atoms with Gasteiger partial charge in [0.1, 0.15) is 6.33 Å². The first kappa shape index (κ1) is 21.2. The Kier molecular flexibility index (Phi) is 5.21. The molecule has 4 rings (SSSR count). The first-order chi connectivity index (χ1) is 15.1. The Morgan fingerprint density at radius 1 is 1.22 bits per heavy atom. The highest BCUT2D eigenvalue weighted by molar-refractivity contribution is 5.92. The maximum absolute atomic E-state index is 12.4. The van der Waals surface area contributed by atoms with Crippen molar-refractivity contribution >= 4 is 17.4 Å². The Balaban J connectivity index is 1.53. The lowest BCUT2D eigenvalue weighted by atomic mass is 9.97. The molecule has 0 aliphatic heterocycles. The van der Waals surface area contributed by atoms with Gasteiger partial charge in [0.15, 0.2) is 0 Å². The van der Waals surface area contributed by atoms with Gasteiger partial charge in [0.05, 0.1) is 16.8 Å². The molecular weight excluding hydrogens is 412 g/mol. The molecule has 0 aliphatic carbocycles. The number of hydrogen-bond acceptors (Lipinski definition) is 7. The third-order valence-electron chi connectivity index (χ3n) is 4.98. The van der Waals surface area contributed by atoms with Crippen molar-refractivity contribution in [2.75, 3.05) is 0 Å². The fourth-order valence-electron chi connectivity index (χ4n) is 3.19. The smallest absolute Gasteiger partial charge is 0.337 e. The van der Waals surface area contributed by atoms with E-state index in [4.69, 9.17) is 4.52 Å².